The first kappa shape index (κ1) is 9.87. The number of Topliss-reactive ketones (excluding diaryl/α,β-unsaturated/α-hetero) is 1. The summed E-state index contributed by atoms with van der Waals surface area (Å²) in [6.07, 6.45) is 3.08. The highest BCUT2D eigenvalue weighted by molar-refractivity contribution is 7.10. The summed E-state index contributed by atoms with van der Waals surface area (Å²) in [4.78, 5) is 13.3. The number of aryl methyl sites for hydroxylation is 1. The molecule has 0 radical (unpaired) electrons. The van der Waals surface area contributed by atoms with Gasteiger partial charge in [0.15, 0.2) is 5.78 Å². The molecule has 1 aromatic rings. The second-order valence-electron chi connectivity index (χ2n) is 4.11. The third-order valence-electron chi connectivity index (χ3n) is 3.18. The smallest absolute Gasteiger partial charge is 0.171 e. The van der Waals surface area contributed by atoms with Gasteiger partial charge in [-0.15, -0.1) is 11.3 Å². The second-order valence-corrected chi connectivity index (χ2v) is 5.23. The van der Waals surface area contributed by atoms with Crippen LogP contribution in [0.5, 0.6) is 0 Å². The first-order chi connectivity index (χ1) is 6.68. The van der Waals surface area contributed by atoms with Gasteiger partial charge in [0.05, 0.1) is 0 Å². The van der Waals surface area contributed by atoms with Crippen molar-refractivity contribution in [3.63, 3.8) is 0 Å². The van der Waals surface area contributed by atoms with Crippen molar-refractivity contribution in [2.24, 2.45) is 11.1 Å². The Labute approximate surface area is 88.1 Å². The quantitative estimate of drug-likeness (QED) is 0.777. The van der Waals surface area contributed by atoms with Crippen molar-refractivity contribution < 1.29 is 4.79 Å². The molecule has 1 saturated carbocycles. The minimum atomic E-state index is -0.215. The van der Waals surface area contributed by atoms with E-state index in [4.69, 9.17) is 5.73 Å². The fraction of sp³-hybridized carbons (Fsp3) is 0.545. The van der Waals surface area contributed by atoms with Gasteiger partial charge < -0.3 is 5.73 Å². The molecule has 0 atom stereocenters. The molecular formula is C11H15NOS. The van der Waals surface area contributed by atoms with E-state index in [1.54, 1.807) is 11.3 Å². The molecule has 1 fully saturated rings. The molecule has 14 heavy (non-hydrogen) atoms. The van der Waals surface area contributed by atoms with E-state index in [-0.39, 0.29) is 11.2 Å². The predicted molar refractivity (Wildman–Crippen MR) is 58.7 cm³/mol. The number of ketones is 1. The molecule has 76 valence electrons. The normalized spacial score (nSPS) is 19.0. The average molecular weight is 209 g/mol. The molecule has 2 N–H and O–H groups in total. The van der Waals surface area contributed by atoms with Crippen molar-refractivity contribution in [1.82, 2.24) is 0 Å². The van der Waals surface area contributed by atoms with Crippen molar-refractivity contribution in [2.75, 3.05) is 6.54 Å². The molecule has 1 aromatic heterocycles. The van der Waals surface area contributed by atoms with Crippen LogP contribution in [0.25, 0.3) is 0 Å². The number of hydrogen-bond donors (Lipinski definition) is 1. The lowest BCUT2D eigenvalue weighted by Crippen LogP contribution is -2.44. The molecule has 0 bridgehead atoms. The lowest BCUT2D eigenvalue weighted by molar-refractivity contribution is 0.0636. The molecule has 1 heterocycles. The Balaban J connectivity index is 2.23. The van der Waals surface area contributed by atoms with E-state index in [1.807, 2.05) is 18.4 Å². The van der Waals surface area contributed by atoms with Crippen LogP contribution in [-0.4, -0.2) is 12.3 Å². The fourth-order valence-electron chi connectivity index (χ4n) is 2.00. The largest absolute Gasteiger partial charge is 0.329 e. The van der Waals surface area contributed by atoms with E-state index in [0.29, 0.717) is 6.54 Å². The van der Waals surface area contributed by atoms with Crippen LogP contribution in [0, 0.1) is 12.3 Å². The SMILES string of the molecule is Cc1cc(C(=O)C2(CN)CCC2)cs1. The Kier molecular flexibility index (Phi) is 2.45. The average Bonchev–Trinajstić information content (AvgIpc) is 2.50. The second kappa shape index (κ2) is 3.48. The van der Waals surface area contributed by atoms with Crippen LogP contribution in [0.3, 0.4) is 0 Å². The number of nitrogens with two attached hydrogens (primary N) is 1. The fourth-order valence-corrected chi connectivity index (χ4v) is 2.68. The standard InChI is InChI=1S/C11H15NOS/c1-8-5-9(6-14-8)10(13)11(7-12)3-2-4-11/h5-6H,2-4,7,12H2,1H3. The van der Waals surface area contributed by atoms with Gasteiger partial charge in [-0.2, -0.15) is 0 Å². The van der Waals surface area contributed by atoms with Crippen molar-refractivity contribution in [3.05, 3.63) is 21.9 Å². The minimum absolute atomic E-state index is 0.215. The van der Waals surface area contributed by atoms with Gasteiger partial charge in [-0.3, -0.25) is 4.79 Å². The molecule has 0 amide bonds. The van der Waals surface area contributed by atoms with E-state index in [2.05, 4.69) is 0 Å². The molecule has 0 unspecified atom stereocenters. The van der Waals surface area contributed by atoms with Gasteiger partial charge in [0.1, 0.15) is 0 Å². The Bertz CT molecular complexity index is 346. The summed E-state index contributed by atoms with van der Waals surface area (Å²) < 4.78 is 0. The van der Waals surface area contributed by atoms with Gasteiger partial charge in [-0.05, 0) is 25.8 Å². The monoisotopic (exact) mass is 209 g/mol. The summed E-state index contributed by atoms with van der Waals surface area (Å²) in [5.41, 5.74) is 6.34. The van der Waals surface area contributed by atoms with Gasteiger partial charge in [0.2, 0.25) is 0 Å². The van der Waals surface area contributed by atoms with Crippen LogP contribution in [0.4, 0.5) is 0 Å². The Hall–Kier alpha value is -0.670. The first-order valence-electron chi connectivity index (χ1n) is 4.98. The number of hydrogen-bond acceptors (Lipinski definition) is 3. The van der Waals surface area contributed by atoms with E-state index in [1.165, 1.54) is 4.88 Å². The van der Waals surface area contributed by atoms with Crippen molar-refractivity contribution in [1.29, 1.82) is 0 Å². The lowest BCUT2D eigenvalue weighted by Gasteiger charge is -2.39. The Morgan fingerprint density at radius 1 is 1.64 bits per heavy atom. The van der Waals surface area contributed by atoms with Gasteiger partial charge >= 0.3 is 0 Å². The third-order valence-corrected chi connectivity index (χ3v) is 4.04. The summed E-state index contributed by atoms with van der Waals surface area (Å²) in [6, 6.07) is 1.97. The highest BCUT2D eigenvalue weighted by Gasteiger charge is 2.43. The van der Waals surface area contributed by atoms with Crippen molar-refractivity contribution >= 4 is 17.1 Å². The number of carbonyl (C=O) groups excluding carboxylic acids is 1. The molecule has 2 nitrogen and oxygen atoms in total. The molecule has 0 saturated heterocycles. The van der Waals surface area contributed by atoms with Gasteiger partial charge in [-0.25, -0.2) is 0 Å². The van der Waals surface area contributed by atoms with Crippen LogP contribution < -0.4 is 5.73 Å². The maximum atomic E-state index is 12.1. The molecule has 0 aromatic carbocycles. The zero-order valence-corrected chi connectivity index (χ0v) is 9.19. The Morgan fingerprint density at radius 3 is 2.71 bits per heavy atom. The number of thiophene rings is 1. The topological polar surface area (TPSA) is 43.1 Å². The zero-order chi connectivity index (χ0) is 10.2. The first-order valence-corrected chi connectivity index (χ1v) is 5.86. The summed E-state index contributed by atoms with van der Waals surface area (Å²) >= 11 is 1.63. The minimum Gasteiger partial charge on any atom is -0.329 e. The number of rotatable bonds is 3. The third kappa shape index (κ3) is 1.41. The van der Waals surface area contributed by atoms with Crippen LogP contribution >= 0.6 is 11.3 Å². The van der Waals surface area contributed by atoms with Crippen molar-refractivity contribution in [2.45, 2.75) is 26.2 Å². The van der Waals surface area contributed by atoms with Crippen molar-refractivity contribution in [3.8, 4) is 0 Å². The molecule has 3 heteroatoms. The van der Waals surface area contributed by atoms with Crippen LogP contribution in [0.2, 0.25) is 0 Å². The van der Waals surface area contributed by atoms with Gasteiger partial charge in [0.25, 0.3) is 0 Å². The van der Waals surface area contributed by atoms with Crippen LogP contribution in [0.1, 0.15) is 34.5 Å². The maximum Gasteiger partial charge on any atom is 0.171 e. The van der Waals surface area contributed by atoms with E-state index < -0.39 is 0 Å². The van der Waals surface area contributed by atoms with E-state index in [9.17, 15) is 4.79 Å². The Morgan fingerprint density at radius 2 is 2.36 bits per heavy atom. The molecule has 1 aliphatic carbocycles. The van der Waals surface area contributed by atoms with E-state index >= 15 is 0 Å². The summed E-state index contributed by atoms with van der Waals surface area (Å²) in [7, 11) is 0. The van der Waals surface area contributed by atoms with E-state index in [0.717, 1.165) is 24.8 Å². The molecule has 0 spiro atoms. The lowest BCUT2D eigenvalue weighted by atomic mass is 9.65. The maximum absolute atomic E-state index is 12.1. The zero-order valence-electron chi connectivity index (χ0n) is 8.38. The molecule has 1 aliphatic rings. The van der Waals surface area contributed by atoms with Gasteiger partial charge in [0, 0.05) is 27.8 Å². The highest BCUT2D eigenvalue weighted by Crippen LogP contribution is 2.43. The van der Waals surface area contributed by atoms with Crippen LogP contribution in [0.15, 0.2) is 11.4 Å². The summed E-state index contributed by atoms with van der Waals surface area (Å²) in [6.45, 7) is 2.53. The predicted octanol–water partition coefficient (Wildman–Crippen LogP) is 2.37. The summed E-state index contributed by atoms with van der Waals surface area (Å²) in [5, 5.41) is 1.95. The molecule has 2 rings (SSSR count). The van der Waals surface area contributed by atoms with Crippen LogP contribution in [-0.2, 0) is 0 Å². The summed E-state index contributed by atoms with van der Waals surface area (Å²) in [5.74, 6) is 0.260. The highest BCUT2D eigenvalue weighted by atomic mass is 32.1. The molecular weight excluding hydrogens is 194 g/mol. The number of carbonyl (C=O) groups is 1. The molecule has 0 aliphatic heterocycles. The van der Waals surface area contributed by atoms with Gasteiger partial charge in [-0.1, -0.05) is 6.42 Å².